The first-order valence-electron chi connectivity index (χ1n) is 5.25. The SMILES string of the molecule is O=C(COc1ccc(Br)nc1)NCC1CC1. The molecular formula is C11H13BrN2O2. The number of rotatable bonds is 5. The van der Waals surface area contributed by atoms with E-state index in [1.54, 1.807) is 18.3 Å². The molecule has 1 fully saturated rings. The largest absolute Gasteiger partial charge is 0.482 e. The molecule has 0 bridgehead atoms. The minimum Gasteiger partial charge on any atom is -0.482 e. The second kappa shape index (κ2) is 5.30. The van der Waals surface area contributed by atoms with Gasteiger partial charge in [0, 0.05) is 6.54 Å². The number of nitrogens with one attached hydrogen (secondary N) is 1. The summed E-state index contributed by atoms with van der Waals surface area (Å²) in [6.45, 7) is 0.830. The molecule has 1 aromatic rings. The summed E-state index contributed by atoms with van der Waals surface area (Å²) in [5.41, 5.74) is 0. The van der Waals surface area contributed by atoms with Gasteiger partial charge in [-0.25, -0.2) is 4.98 Å². The van der Waals surface area contributed by atoms with Crippen molar-refractivity contribution in [2.24, 2.45) is 5.92 Å². The van der Waals surface area contributed by atoms with Gasteiger partial charge in [-0.05, 0) is 46.8 Å². The van der Waals surface area contributed by atoms with Crippen LogP contribution in [0.5, 0.6) is 5.75 Å². The fourth-order valence-electron chi connectivity index (χ4n) is 1.23. The third kappa shape index (κ3) is 3.81. The highest BCUT2D eigenvalue weighted by molar-refractivity contribution is 9.10. The Morgan fingerprint density at radius 1 is 1.56 bits per heavy atom. The zero-order valence-corrected chi connectivity index (χ0v) is 10.4. The van der Waals surface area contributed by atoms with E-state index in [9.17, 15) is 4.79 Å². The molecule has 0 radical (unpaired) electrons. The fourth-order valence-corrected chi connectivity index (χ4v) is 1.46. The molecule has 1 saturated carbocycles. The molecular weight excluding hydrogens is 272 g/mol. The molecule has 1 aliphatic rings. The summed E-state index contributed by atoms with van der Waals surface area (Å²) in [6, 6.07) is 3.54. The highest BCUT2D eigenvalue weighted by Crippen LogP contribution is 2.27. The van der Waals surface area contributed by atoms with Crippen LogP contribution in [0.3, 0.4) is 0 Å². The van der Waals surface area contributed by atoms with Gasteiger partial charge in [-0.3, -0.25) is 4.79 Å². The fraction of sp³-hybridized carbons (Fsp3) is 0.455. The van der Waals surface area contributed by atoms with E-state index in [1.807, 2.05) is 0 Å². The van der Waals surface area contributed by atoms with Gasteiger partial charge >= 0.3 is 0 Å². The number of nitrogens with zero attached hydrogens (tertiary/aromatic N) is 1. The minimum atomic E-state index is -0.0742. The van der Waals surface area contributed by atoms with Crippen LogP contribution >= 0.6 is 15.9 Å². The predicted molar refractivity (Wildman–Crippen MR) is 63.2 cm³/mol. The highest BCUT2D eigenvalue weighted by atomic mass is 79.9. The van der Waals surface area contributed by atoms with Crippen LogP contribution in [-0.4, -0.2) is 24.0 Å². The van der Waals surface area contributed by atoms with Crippen molar-refractivity contribution in [1.82, 2.24) is 10.3 Å². The monoisotopic (exact) mass is 284 g/mol. The third-order valence-corrected chi connectivity index (χ3v) is 2.82. The topological polar surface area (TPSA) is 51.2 Å². The lowest BCUT2D eigenvalue weighted by molar-refractivity contribution is -0.123. The number of carbonyl (C=O) groups is 1. The zero-order chi connectivity index (χ0) is 11.4. The van der Waals surface area contributed by atoms with E-state index >= 15 is 0 Å². The van der Waals surface area contributed by atoms with Crippen molar-refractivity contribution in [2.45, 2.75) is 12.8 Å². The average Bonchev–Trinajstić information content (AvgIpc) is 3.09. The first kappa shape index (κ1) is 11.4. The highest BCUT2D eigenvalue weighted by Gasteiger charge is 2.21. The van der Waals surface area contributed by atoms with Crippen LogP contribution in [0.4, 0.5) is 0 Å². The number of carbonyl (C=O) groups excluding carboxylic acids is 1. The van der Waals surface area contributed by atoms with Crippen molar-refractivity contribution >= 4 is 21.8 Å². The molecule has 0 atom stereocenters. The summed E-state index contributed by atoms with van der Waals surface area (Å²) < 4.78 is 6.03. The first-order valence-corrected chi connectivity index (χ1v) is 6.04. The lowest BCUT2D eigenvalue weighted by atomic mass is 10.4. The molecule has 0 unspecified atom stereocenters. The van der Waals surface area contributed by atoms with Crippen LogP contribution < -0.4 is 10.1 Å². The van der Waals surface area contributed by atoms with E-state index in [1.165, 1.54) is 12.8 Å². The first-order chi connectivity index (χ1) is 7.74. The number of aromatic nitrogens is 1. The number of hydrogen-bond donors (Lipinski definition) is 1. The van der Waals surface area contributed by atoms with Crippen LogP contribution in [0, 0.1) is 5.92 Å². The van der Waals surface area contributed by atoms with Crippen LogP contribution in [0.2, 0.25) is 0 Å². The Balaban J connectivity index is 1.69. The minimum absolute atomic E-state index is 0.0516. The second-order valence-corrected chi connectivity index (χ2v) is 4.67. The molecule has 0 aromatic carbocycles. The van der Waals surface area contributed by atoms with Gasteiger partial charge in [0.2, 0.25) is 0 Å². The number of ether oxygens (including phenoxy) is 1. The summed E-state index contributed by atoms with van der Waals surface area (Å²) in [7, 11) is 0. The quantitative estimate of drug-likeness (QED) is 0.838. The second-order valence-electron chi connectivity index (χ2n) is 3.85. The summed E-state index contributed by atoms with van der Waals surface area (Å²) in [6.07, 6.45) is 4.05. The molecule has 0 spiro atoms. The summed E-state index contributed by atoms with van der Waals surface area (Å²) in [5.74, 6) is 1.22. The van der Waals surface area contributed by atoms with E-state index in [4.69, 9.17) is 4.74 Å². The lowest BCUT2D eigenvalue weighted by Gasteiger charge is -2.06. The normalized spacial score (nSPS) is 14.6. The van der Waals surface area contributed by atoms with Gasteiger partial charge in [-0.1, -0.05) is 0 Å². The Kier molecular flexibility index (Phi) is 3.77. The van der Waals surface area contributed by atoms with Crippen LogP contribution in [0.1, 0.15) is 12.8 Å². The maximum atomic E-state index is 11.3. The van der Waals surface area contributed by atoms with Crippen LogP contribution in [-0.2, 0) is 4.79 Å². The van der Waals surface area contributed by atoms with E-state index in [-0.39, 0.29) is 12.5 Å². The Labute approximate surface area is 103 Å². The maximum absolute atomic E-state index is 11.3. The van der Waals surface area contributed by atoms with Gasteiger partial charge in [0.25, 0.3) is 5.91 Å². The van der Waals surface area contributed by atoms with Crippen LogP contribution in [0.15, 0.2) is 22.9 Å². The molecule has 4 nitrogen and oxygen atoms in total. The van der Waals surface area contributed by atoms with Crippen molar-refractivity contribution in [1.29, 1.82) is 0 Å². The number of hydrogen-bond acceptors (Lipinski definition) is 3. The zero-order valence-electron chi connectivity index (χ0n) is 8.78. The molecule has 0 saturated heterocycles. The van der Waals surface area contributed by atoms with Crippen molar-refractivity contribution < 1.29 is 9.53 Å². The molecule has 86 valence electrons. The third-order valence-electron chi connectivity index (χ3n) is 2.36. The van der Waals surface area contributed by atoms with Gasteiger partial charge in [-0.2, -0.15) is 0 Å². The average molecular weight is 285 g/mol. The number of amides is 1. The molecule has 5 heteroatoms. The summed E-state index contributed by atoms with van der Waals surface area (Å²) in [5, 5.41) is 2.83. The van der Waals surface area contributed by atoms with E-state index < -0.39 is 0 Å². The van der Waals surface area contributed by atoms with Crippen molar-refractivity contribution in [3.05, 3.63) is 22.9 Å². The maximum Gasteiger partial charge on any atom is 0.257 e. The molecule has 2 rings (SSSR count). The Bertz CT molecular complexity index is 363. The van der Waals surface area contributed by atoms with Gasteiger partial charge in [0.15, 0.2) is 6.61 Å². The number of halogens is 1. The Hall–Kier alpha value is -1.10. The molecule has 0 aliphatic heterocycles. The van der Waals surface area contributed by atoms with Crippen molar-refractivity contribution in [3.8, 4) is 5.75 Å². The van der Waals surface area contributed by atoms with Gasteiger partial charge < -0.3 is 10.1 Å². The lowest BCUT2D eigenvalue weighted by Crippen LogP contribution is -2.30. The molecule has 1 amide bonds. The molecule has 1 aromatic heterocycles. The Morgan fingerprint density at radius 3 is 3.00 bits per heavy atom. The van der Waals surface area contributed by atoms with E-state index in [0.717, 1.165) is 11.1 Å². The molecule has 1 aliphatic carbocycles. The Morgan fingerprint density at radius 2 is 2.38 bits per heavy atom. The van der Waals surface area contributed by atoms with E-state index in [0.29, 0.717) is 11.7 Å². The summed E-state index contributed by atoms with van der Waals surface area (Å²) in [4.78, 5) is 15.4. The van der Waals surface area contributed by atoms with Gasteiger partial charge in [-0.15, -0.1) is 0 Å². The number of pyridine rings is 1. The van der Waals surface area contributed by atoms with Gasteiger partial charge in [0.05, 0.1) is 6.20 Å². The molecule has 16 heavy (non-hydrogen) atoms. The van der Waals surface area contributed by atoms with E-state index in [2.05, 4.69) is 26.2 Å². The smallest absolute Gasteiger partial charge is 0.257 e. The predicted octanol–water partition coefficient (Wildman–Crippen LogP) is 1.75. The molecule has 1 N–H and O–H groups in total. The van der Waals surface area contributed by atoms with Gasteiger partial charge in [0.1, 0.15) is 10.4 Å². The van der Waals surface area contributed by atoms with Crippen LogP contribution in [0.25, 0.3) is 0 Å². The van der Waals surface area contributed by atoms with Crippen molar-refractivity contribution in [3.63, 3.8) is 0 Å². The molecule has 1 heterocycles. The standard InChI is InChI=1S/C11H13BrN2O2/c12-10-4-3-9(6-13-10)16-7-11(15)14-5-8-1-2-8/h3-4,6,8H,1-2,5,7H2,(H,14,15). The van der Waals surface area contributed by atoms with Crippen molar-refractivity contribution in [2.75, 3.05) is 13.2 Å². The summed E-state index contributed by atoms with van der Waals surface area (Å²) >= 11 is 3.23.